The molecular weight excluding hydrogens is 207 g/mol. The van der Waals surface area contributed by atoms with E-state index >= 15 is 0 Å². The van der Waals surface area contributed by atoms with Crippen molar-refractivity contribution in [3.8, 4) is 0 Å². The van der Waals surface area contributed by atoms with Crippen molar-refractivity contribution in [2.75, 3.05) is 7.11 Å². The van der Waals surface area contributed by atoms with E-state index in [9.17, 15) is 9.18 Å². The maximum absolute atomic E-state index is 13.9. The first-order valence-corrected chi connectivity index (χ1v) is 6.17. The summed E-state index contributed by atoms with van der Waals surface area (Å²) in [6.45, 7) is 6.50. The van der Waals surface area contributed by atoms with Crippen LogP contribution in [0, 0.1) is 17.8 Å². The average Bonchev–Trinajstić information content (AvgIpc) is 2.75. The van der Waals surface area contributed by atoms with Crippen LogP contribution >= 0.6 is 0 Å². The lowest BCUT2D eigenvalue weighted by molar-refractivity contribution is -0.158. The van der Waals surface area contributed by atoms with Gasteiger partial charge in [-0.2, -0.15) is 0 Å². The van der Waals surface area contributed by atoms with Crippen LogP contribution in [0.2, 0.25) is 0 Å². The molecule has 2 aliphatic rings. The van der Waals surface area contributed by atoms with Gasteiger partial charge in [-0.1, -0.05) is 20.8 Å². The van der Waals surface area contributed by atoms with Gasteiger partial charge in [0.1, 0.15) is 0 Å². The second kappa shape index (κ2) is 5.15. The van der Waals surface area contributed by atoms with Gasteiger partial charge in [0.25, 0.3) is 0 Å². The molecular formula is C13H23FO2. The molecule has 3 heteroatoms. The van der Waals surface area contributed by atoms with Crippen molar-refractivity contribution in [2.45, 2.75) is 52.1 Å². The number of methoxy groups -OCH3 is 1. The number of carbonyl (C=O) groups is 1. The van der Waals surface area contributed by atoms with Crippen molar-refractivity contribution in [2.24, 2.45) is 17.8 Å². The molecule has 2 nitrogen and oxygen atoms in total. The third-order valence-corrected chi connectivity index (χ3v) is 3.30. The number of carbonyl (C=O) groups excluding carboxylic acids is 1. The number of hydrogen-bond acceptors (Lipinski definition) is 2. The first-order valence-electron chi connectivity index (χ1n) is 6.17. The second-order valence-corrected chi connectivity index (χ2v) is 5.67. The molecule has 2 saturated carbocycles. The highest BCUT2D eigenvalue weighted by atomic mass is 19.1. The lowest BCUT2D eigenvalue weighted by Gasteiger charge is -2.26. The van der Waals surface area contributed by atoms with Gasteiger partial charge in [-0.05, 0) is 37.5 Å². The first kappa shape index (κ1) is 13.5. The summed E-state index contributed by atoms with van der Waals surface area (Å²) < 4.78 is 18.4. The standard InChI is InChI=1S/C9H13FO2.C4H10/c1-12-8(11)9(10)5-6-2-3-7(9)4-6;1-4(2)3/h6-7H,2-5H2,1H3;4H,1-3H3. The number of esters is 1. The van der Waals surface area contributed by atoms with Gasteiger partial charge in [0.15, 0.2) is 0 Å². The van der Waals surface area contributed by atoms with Crippen LogP contribution in [-0.2, 0) is 9.53 Å². The van der Waals surface area contributed by atoms with E-state index in [4.69, 9.17) is 0 Å². The molecule has 3 atom stereocenters. The van der Waals surface area contributed by atoms with Crippen molar-refractivity contribution >= 4 is 5.97 Å². The Balaban J connectivity index is 0.000000280. The Bertz CT molecular complexity index is 250. The van der Waals surface area contributed by atoms with Gasteiger partial charge in [-0.3, -0.25) is 0 Å². The maximum atomic E-state index is 13.9. The summed E-state index contributed by atoms with van der Waals surface area (Å²) in [6, 6.07) is 0. The molecule has 2 fully saturated rings. The summed E-state index contributed by atoms with van der Waals surface area (Å²) in [5.41, 5.74) is -1.64. The molecule has 0 radical (unpaired) electrons. The van der Waals surface area contributed by atoms with Crippen molar-refractivity contribution in [3.05, 3.63) is 0 Å². The van der Waals surface area contributed by atoms with Crippen LogP contribution in [0.3, 0.4) is 0 Å². The van der Waals surface area contributed by atoms with E-state index in [1.807, 2.05) is 0 Å². The molecule has 0 spiro atoms. The van der Waals surface area contributed by atoms with Gasteiger partial charge in [0.05, 0.1) is 7.11 Å². The fourth-order valence-electron chi connectivity index (χ4n) is 2.68. The number of alkyl halides is 1. The molecule has 0 aromatic carbocycles. The highest BCUT2D eigenvalue weighted by Gasteiger charge is 2.57. The molecule has 0 saturated heterocycles. The Hall–Kier alpha value is -0.600. The molecule has 0 heterocycles. The topological polar surface area (TPSA) is 26.3 Å². The third kappa shape index (κ3) is 2.74. The van der Waals surface area contributed by atoms with Gasteiger partial charge in [0, 0.05) is 5.92 Å². The monoisotopic (exact) mass is 230 g/mol. The Morgan fingerprint density at radius 2 is 1.94 bits per heavy atom. The molecule has 2 aliphatic carbocycles. The van der Waals surface area contributed by atoms with Gasteiger partial charge in [0.2, 0.25) is 5.67 Å². The van der Waals surface area contributed by atoms with Crippen LogP contribution < -0.4 is 0 Å². The predicted octanol–water partition coefficient (Wildman–Crippen LogP) is 3.35. The molecule has 0 amide bonds. The highest BCUT2D eigenvalue weighted by Crippen LogP contribution is 2.53. The Morgan fingerprint density at radius 1 is 1.38 bits per heavy atom. The van der Waals surface area contributed by atoms with Gasteiger partial charge < -0.3 is 4.74 Å². The van der Waals surface area contributed by atoms with E-state index in [0.29, 0.717) is 12.3 Å². The largest absolute Gasteiger partial charge is 0.467 e. The molecule has 0 aliphatic heterocycles. The van der Waals surface area contributed by atoms with Crippen molar-refractivity contribution < 1.29 is 13.9 Å². The first-order chi connectivity index (χ1) is 7.40. The minimum Gasteiger partial charge on any atom is -0.467 e. The van der Waals surface area contributed by atoms with E-state index in [1.54, 1.807) is 0 Å². The van der Waals surface area contributed by atoms with Crippen LogP contribution in [0.15, 0.2) is 0 Å². The van der Waals surface area contributed by atoms with Crippen molar-refractivity contribution in [1.29, 1.82) is 0 Å². The summed E-state index contributed by atoms with van der Waals surface area (Å²) in [5, 5.41) is 0. The zero-order chi connectivity index (χ0) is 12.3. The Labute approximate surface area is 97.6 Å². The summed E-state index contributed by atoms with van der Waals surface area (Å²) in [5.74, 6) is 0.545. The molecule has 2 bridgehead atoms. The summed E-state index contributed by atoms with van der Waals surface area (Å²) in [4.78, 5) is 11.1. The fraction of sp³-hybridized carbons (Fsp3) is 0.923. The third-order valence-electron chi connectivity index (χ3n) is 3.30. The molecule has 0 N–H and O–H groups in total. The summed E-state index contributed by atoms with van der Waals surface area (Å²) in [6.07, 6.45) is 3.22. The molecule has 3 unspecified atom stereocenters. The van der Waals surface area contributed by atoms with Crippen LogP contribution in [0.5, 0.6) is 0 Å². The van der Waals surface area contributed by atoms with Crippen molar-refractivity contribution in [3.63, 3.8) is 0 Å². The summed E-state index contributed by atoms with van der Waals surface area (Å²) in [7, 11) is 1.26. The number of fused-ring (bicyclic) bond motifs is 2. The predicted molar refractivity (Wildman–Crippen MR) is 61.8 cm³/mol. The lowest BCUT2D eigenvalue weighted by Crippen LogP contribution is -2.40. The quantitative estimate of drug-likeness (QED) is 0.646. The average molecular weight is 230 g/mol. The number of ether oxygens (including phenoxy) is 1. The van der Waals surface area contributed by atoms with Crippen LogP contribution in [-0.4, -0.2) is 18.7 Å². The molecule has 0 aromatic rings. The molecule has 94 valence electrons. The normalized spacial score (nSPS) is 35.9. The van der Waals surface area contributed by atoms with Crippen LogP contribution in [0.25, 0.3) is 0 Å². The second-order valence-electron chi connectivity index (χ2n) is 5.67. The van der Waals surface area contributed by atoms with E-state index < -0.39 is 11.6 Å². The van der Waals surface area contributed by atoms with Crippen LogP contribution in [0.4, 0.5) is 4.39 Å². The lowest BCUT2D eigenvalue weighted by atomic mass is 9.86. The van der Waals surface area contributed by atoms with E-state index in [0.717, 1.165) is 25.2 Å². The van der Waals surface area contributed by atoms with E-state index in [2.05, 4.69) is 25.5 Å². The molecule has 2 rings (SSSR count). The zero-order valence-electron chi connectivity index (χ0n) is 10.8. The minimum atomic E-state index is -1.64. The molecule has 0 aromatic heterocycles. The van der Waals surface area contributed by atoms with Crippen molar-refractivity contribution in [1.82, 2.24) is 0 Å². The number of halogens is 1. The maximum Gasteiger partial charge on any atom is 0.343 e. The van der Waals surface area contributed by atoms with Gasteiger partial charge in [-0.25, -0.2) is 9.18 Å². The smallest absolute Gasteiger partial charge is 0.343 e. The molecule has 16 heavy (non-hydrogen) atoms. The van der Waals surface area contributed by atoms with Crippen LogP contribution in [0.1, 0.15) is 46.5 Å². The Kier molecular flexibility index (Phi) is 4.34. The van der Waals surface area contributed by atoms with E-state index in [-0.39, 0.29) is 5.92 Å². The SMILES string of the molecule is CC(C)C.COC(=O)C1(F)CC2CCC1C2. The highest BCUT2D eigenvalue weighted by molar-refractivity contribution is 5.80. The fourth-order valence-corrected chi connectivity index (χ4v) is 2.68. The van der Waals surface area contributed by atoms with Gasteiger partial charge >= 0.3 is 5.97 Å². The Morgan fingerprint density at radius 3 is 2.25 bits per heavy atom. The van der Waals surface area contributed by atoms with Gasteiger partial charge in [-0.15, -0.1) is 0 Å². The number of rotatable bonds is 1. The minimum absolute atomic E-state index is 0.0602. The van der Waals surface area contributed by atoms with E-state index in [1.165, 1.54) is 7.11 Å². The summed E-state index contributed by atoms with van der Waals surface area (Å²) >= 11 is 0. The zero-order valence-corrected chi connectivity index (χ0v) is 10.8. The number of hydrogen-bond donors (Lipinski definition) is 0.